The zero-order valence-corrected chi connectivity index (χ0v) is 15.1. The zero-order chi connectivity index (χ0) is 18.2. The van der Waals surface area contributed by atoms with Crippen molar-refractivity contribution in [3.05, 3.63) is 35.9 Å². The molecule has 1 aliphatic heterocycles. The first kappa shape index (κ1) is 19.2. The topological polar surface area (TPSA) is 72.9 Å². The molecule has 0 spiro atoms. The number of carboxylic acid groups (broad SMARTS) is 1. The van der Waals surface area contributed by atoms with Gasteiger partial charge in [0.05, 0.1) is 0 Å². The molecule has 1 aromatic carbocycles. The SMILES string of the molecule is CC(C)CN(CC(=O)O)C(=O)NC1CCCN(Cc2ccccc2)C1. The summed E-state index contributed by atoms with van der Waals surface area (Å²) in [6.07, 6.45) is 1.96. The average molecular weight is 347 g/mol. The van der Waals surface area contributed by atoms with Crippen LogP contribution in [0.5, 0.6) is 0 Å². The predicted octanol–water partition coefficient (Wildman–Crippen LogP) is 2.40. The maximum absolute atomic E-state index is 12.5. The lowest BCUT2D eigenvalue weighted by Gasteiger charge is -2.34. The van der Waals surface area contributed by atoms with Crippen molar-refractivity contribution in [3.63, 3.8) is 0 Å². The first-order valence-corrected chi connectivity index (χ1v) is 8.97. The van der Waals surface area contributed by atoms with Gasteiger partial charge in [-0.15, -0.1) is 0 Å². The van der Waals surface area contributed by atoms with Crippen molar-refractivity contribution in [3.8, 4) is 0 Å². The number of carbonyl (C=O) groups excluding carboxylic acids is 1. The molecule has 2 amide bonds. The number of aliphatic carboxylic acids is 1. The highest BCUT2D eigenvalue weighted by Gasteiger charge is 2.25. The highest BCUT2D eigenvalue weighted by atomic mass is 16.4. The summed E-state index contributed by atoms with van der Waals surface area (Å²) in [7, 11) is 0. The van der Waals surface area contributed by atoms with Gasteiger partial charge in [-0.1, -0.05) is 44.2 Å². The molecule has 6 nitrogen and oxygen atoms in total. The first-order chi connectivity index (χ1) is 11.9. The second-order valence-electron chi connectivity index (χ2n) is 7.18. The molecule has 0 bridgehead atoms. The van der Waals surface area contributed by atoms with E-state index in [9.17, 15) is 9.59 Å². The summed E-state index contributed by atoms with van der Waals surface area (Å²) in [5.41, 5.74) is 1.27. The Morgan fingerprint density at radius 2 is 2.04 bits per heavy atom. The molecular weight excluding hydrogens is 318 g/mol. The lowest BCUT2D eigenvalue weighted by atomic mass is 10.0. The maximum atomic E-state index is 12.5. The van der Waals surface area contributed by atoms with Crippen LogP contribution in [0.1, 0.15) is 32.3 Å². The van der Waals surface area contributed by atoms with Gasteiger partial charge >= 0.3 is 12.0 Å². The number of amides is 2. The van der Waals surface area contributed by atoms with E-state index in [4.69, 9.17) is 5.11 Å². The standard InChI is InChI=1S/C19H29N3O3/c1-15(2)11-22(14-18(23)24)19(25)20-17-9-6-10-21(13-17)12-16-7-4-3-5-8-16/h3-5,7-8,15,17H,6,9-14H2,1-2H3,(H,20,25)(H,23,24). The molecule has 2 rings (SSSR count). The van der Waals surface area contributed by atoms with Crippen molar-refractivity contribution in [2.45, 2.75) is 39.3 Å². The lowest BCUT2D eigenvalue weighted by Crippen LogP contribution is -2.52. The van der Waals surface area contributed by atoms with Gasteiger partial charge in [0.15, 0.2) is 0 Å². The number of carbonyl (C=O) groups is 2. The van der Waals surface area contributed by atoms with Gasteiger partial charge in [0.25, 0.3) is 0 Å². The van der Waals surface area contributed by atoms with Crippen LogP contribution in [-0.4, -0.2) is 59.1 Å². The summed E-state index contributed by atoms with van der Waals surface area (Å²) >= 11 is 0. The molecule has 6 heteroatoms. The molecule has 2 N–H and O–H groups in total. The van der Waals surface area contributed by atoms with E-state index in [0.717, 1.165) is 32.5 Å². The van der Waals surface area contributed by atoms with E-state index in [1.807, 2.05) is 32.0 Å². The maximum Gasteiger partial charge on any atom is 0.323 e. The second-order valence-corrected chi connectivity index (χ2v) is 7.18. The molecule has 1 unspecified atom stereocenters. The highest BCUT2D eigenvalue weighted by Crippen LogP contribution is 2.14. The fourth-order valence-corrected chi connectivity index (χ4v) is 3.25. The van der Waals surface area contributed by atoms with Gasteiger partial charge in [-0.25, -0.2) is 4.79 Å². The minimum Gasteiger partial charge on any atom is -0.480 e. The molecule has 0 aliphatic carbocycles. The van der Waals surface area contributed by atoms with Crippen molar-refractivity contribution in [2.24, 2.45) is 5.92 Å². The molecule has 138 valence electrons. The fraction of sp³-hybridized carbons (Fsp3) is 0.579. The number of hydrogen-bond acceptors (Lipinski definition) is 3. The number of nitrogens with one attached hydrogen (secondary N) is 1. The highest BCUT2D eigenvalue weighted by molar-refractivity contribution is 5.80. The van der Waals surface area contributed by atoms with Crippen LogP contribution >= 0.6 is 0 Å². The van der Waals surface area contributed by atoms with Crippen molar-refractivity contribution in [1.82, 2.24) is 15.1 Å². The summed E-state index contributed by atoms with van der Waals surface area (Å²) in [6, 6.07) is 10.1. The zero-order valence-electron chi connectivity index (χ0n) is 15.1. The van der Waals surface area contributed by atoms with Crippen LogP contribution in [0.15, 0.2) is 30.3 Å². The Morgan fingerprint density at radius 1 is 1.32 bits per heavy atom. The number of piperidine rings is 1. The van der Waals surface area contributed by atoms with E-state index >= 15 is 0 Å². The summed E-state index contributed by atoms with van der Waals surface area (Å²) in [6.45, 7) is 6.82. The number of likely N-dealkylation sites (tertiary alicyclic amines) is 1. The number of hydrogen-bond donors (Lipinski definition) is 2. The van der Waals surface area contributed by atoms with Crippen molar-refractivity contribution in [1.29, 1.82) is 0 Å². The predicted molar refractivity (Wildman–Crippen MR) is 97.3 cm³/mol. The third-order valence-electron chi connectivity index (χ3n) is 4.28. The van der Waals surface area contributed by atoms with Crippen LogP contribution in [0, 0.1) is 5.92 Å². The molecule has 0 radical (unpaired) electrons. The van der Waals surface area contributed by atoms with Crippen molar-refractivity contribution >= 4 is 12.0 Å². The third kappa shape index (κ3) is 6.74. The molecule has 0 saturated carbocycles. The molecule has 1 saturated heterocycles. The van der Waals surface area contributed by atoms with Crippen molar-refractivity contribution in [2.75, 3.05) is 26.2 Å². The molecule has 1 atom stereocenters. The fourth-order valence-electron chi connectivity index (χ4n) is 3.25. The number of nitrogens with zero attached hydrogens (tertiary/aromatic N) is 2. The van der Waals surface area contributed by atoms with Gasteiger partial charge in [0, 0.05) is 25.7 Å². The van der Waals surface area contributed by atoms with Gasteiger partial charge in [-0.3, -0.25) is 9.69 Å². The van der Waals surface area contributed by atoms with E-state index in [-0.39, 0.29) is 24.5 Å². The van der Waals surface area contributed by atoms with E-state index in [0.29, 0.717) is 6.54 Å². The Bertz CT molecular complexity index is 562. The van der Waals surface area contributed by atoms with E-state index < -0.39 is 5.97 Å². The number of carboxylic acids is 1. The Balaban J connectivity index is 1.89. The molecule has 1 heterocycles. The van der Waals surface area contributed by atoms with Crippen LogP contribution in [-0.2, 0) is 11.3 Å². The van der Waals surface area contributed by atoms with Gasteiger partial charge < -0.3 is 15.3 Å². The van der Waals surface area contributed by atoms with Gasteiger partial charge in [0.2, 0.25) is 0 Å². The third-order valence-corrected chi connectivity index (χ3v) is 4.28. The van der Waals surface area contributed by atoms with Gasteiger partial charge in [-0.05, 0) is 30.9 Å². The van der Waals surface area contributed by atoms with Gasteiger partial charge in [0.1, 0.15) is 6.54 Å². The lowest BCUT2D eigenvalue weighted by molar-refractivity contribution is -0.137. The second kappa shape index (κ2) is 9.42. The van der Waals surface area contributed by atoms with Gasteiger partial charge in [-0.2, -0.15) is 0 Å². The van der Waals surface area contributed by atoms with E-state index in [1.165, 1.54) is 10.5 Å². The van der Waals surface area contributed by atoms with Crippen molar-refractivity contribution < 1.29 is 14.7 Å². The normalized spacial score (nSPS) is 18.1. The molecule has 1 aliphatic rings. The number of benzene rings is 1. The molecular formula is C19H29N3O3. The minimum atomic E-state index is -0.981. The smallest absolute Gasteiger partial charge is 0.323 e. The van der Waals surface area contributed by atoms with Crippen LogP contribution in [0.25, 0.3) is 0 Å². The van der Waals surface area contributed by atoms with Crippen LogP contribution in [0.3, 0.4) is 0 Å². The Kier molecular flexibility index (Phi) is 7.25. The summed E-state index contributed by atoms with van der Waals surface area (Å²) in [5, 5.41) is 12.1. The summed E-state index contributed by atoms with van der Waals surface area (Å²) in [5.74, 6) is -0.754. The minimum absolute atomic E-state index is 0.0634. The van der Waals surface area contributed by atoms with Crippen LogP contribution < -0.4 is 5.32 Å². The first-order valence-electron chi connectivity index (χ1n) is 8.97. The monoisotopic (exact) mass is 347 g/mol. The largest absolute Gasteiger partial charge is 0.480 e. The van der Waals surface area contributed by atoms with Crippen LogP contribution in [0.4, 0.5) is 4.79 Å². The molecule has 25 heavy (non-hydrogen) atoms. The van der Waals surface area contributed by atoms with Crippen LogP contribution in [0.2, 0.25) is 0 Å². The number of urea groups is 1. The summed E-state index contributed by atoms with van der Waals surface area (Å²) < 4.78 is 0. The van der Waals surface area contributed by atoms with E-state index in [2.05, 4.69) is 22.3 Å². The number of rotatable bonds is 7. The van der Waals surface area contributed by atoms with E-state index in [1.54, 1.807) is 0 Å². The average Bonchev–Trinajstić information content (AvgIpc) is 2.54. The summed E-state index contributed by atoms with van der Waals surface area (Å²) in [4.78, 5) is 27.2. The Labute approximate surface area is 149 Å². The molecule has 0 aromatic heterocycles. The Hall–Kier alpha value is -2.08. The molecule has 1 fully saturated rings. The Morgan fingerprint density at radius 3 is 2.68 bits per heavy atom. The quantitative estimate of drug-likeness (QED) is 0.794. The molecule has 1 aromatic rings.